The number of para-hydroxylation sites is 2. The molecule has 0 bridgehead atoms. The highest BCUT2D eigenvalue weighted by molar-refractivity contribution is 5.92. The molecule has 2 aromatic heterocycles. The van der Waals surface area contributed by atoms with Crippen LogP contribution in [0.5, 0.6) is 0 Å². The fourth-order valence-electron chi connectivity index (χ4n) is 2.55. The summed E-state index contributed by atoms with van der Waals surface area (Å²) in [6.45, 7) is 4.21. The molecular formula is C18H20N4O. The van der Waals surface area contributed by atoms with Gasteiger partial charge in [0.05, 0.1) is 17.1 Å². The van der Waals surface area contributed by atoms with Crippen LogP contribution in [0.4, 0.5) is 0 Å². The summed E-state index contributed by atoms with van der Waals surface area (Å²) >= 11 is 0. The van der Waals surface area contributed by atoms with Gasteiger partial charge in [-0.1, -0.05) is 38.5 Å². The maximum absolute atomic E-state index is 12.4. The zero-order valence-corrected chi connectivity index (χ0v) is 13.3. The van der Waals surface area contributed by atoms with E-state index < -0.39 is 0 Å². The number of fused-ring (bicyclic) bond motifs is 1. The summed E-state index contributed by atoms with van der Waals surface area (Å²) in [5.41, 5.74) is 2.29. The van der Waals surface area contributed by atoms with Crippen molar-refractivity contribution in [3.63, 3.8) is 0 Å². The molecule has 0 aliphatic carbocycles. The maximum Gasteiger partial charge on any atom is 0.270 e. The van der Waals surface area contributed by atoms with E-state index in [0.29, 0.717) is 5.69 Å². The Morgan fingerprint density at radius 2 is 2.00 bits per heavy atom. The quantitative estimate of drug-likeness (QED) is 0.758. The van der Waals surface area contributed by atoms with E-state index in [4.69, 9.17) is 0 Å². The number of benzene rings is 1. The zero-order valence-electron chi connectivity index (χ0n) is 13.3. The highest BCUT2D eigenvalue weighted by Gasteiger charge is 2.24. The molecule has 5 heteroatoms. The van der Waals surface area contributed by atoms with E-state index in [1.807, 2.05) is 24.3 Å². The van der Waals surface area contributed by atoms with Gasteiger partial charge >= 0.3 is 0 Å². The molecule has 0 aliphatic rings. The van der Waals surface area contributed by atoms with Gasteiger partial charge in [0.2, 0.25) is 0 Å². The van der Waals surface area contributed by atoms with Crippen LogP contribution in [0, 0.1) is 5.92 Å². The third-order valence-electron chi connectivity index (χ3n) is 4.10. The predicted octanol–water partition coefficient (Wildman–Crippen LogP) is 3.48. The van der Waals surface area contributed by atoms with Gasteiger partial charge in [-0.05, 0) is 30.2 Å². The SMILES string of the molecule is CC[C@@H](C)[C@@H](NC(=O)c1ccccn1)c1nc2ccccc2[nH]1. The number of nitrogens with zero attached hydrogens (tertiary/aromatic N) is 2. The van der Waals surface area contributed by atoms with Crippen LogP contribution in [-0.4, -0.2) is 20.9 Å². The fourth-order valence-corrected chi connectivity index (χ4v) is 2.55. The van der Waals surface area contributed by atoms with E-state index in [9.17, 15) is 4.79 Å². The van der Waals surface area contributed by atoms with Crippen LogP contribution in [0.25, 0.3) is 11.0 Å². The highest BCUT2D eigenvalue weighted by atomic mass is 16.1. The second-order valence-electron chi connectivity index (χ2n) is 5.69. The largest absolute Gasteiger partial charge is 0.340 e. The zero-order chi connectivity index (χ0) is 16.2. The van der Waals surface area contributed by atoms with Crippen LogP contribution in [0.15, 0.2) is 48.7 Å². The number of rotatable bonds is 5. The fraction of sp³-hybridized carbons (Fsp3) is 0.278. The average molecular weight is 308 g/mol. The molecule has 0 saturated carbocycles. The van der Waals surface area contributed by atoms with Crippen molar-refractivity contribution in [2.24, 2.45) is 5.92 Å². The normalized spacial score (nSPS) is 13.7. The monoisotopic (exact) mass is 308 g/mol. The van der Waals surface area contributed by atoms with Crippen molar-refractivity contribution in [3.8, 4) is 0 Å². The molecule has 0 spiro atoms. The van der Waals surface area contributed by atoms with Crippen molar-refractivity contribution in [1.29, 1.82) is 0 Å². The van der Waals surface area contributed by atoms with E-state index in [2.05, 4.69) is 34.1 Å². The predicted molar refractivity (Wildman–Crippen MR) is 90.0 cm³/mol. The second kappa shape index (κ2) is 6.60. The number of carbonyl (C=O) groups excluding carboxylic acids is 1. The third-order valence-corrected chi connectivity index (χ3v) is 4.10. The van der Waals surface area contributed by atoms with Crippen molar-refractivity contribution in [1.82, 2.24) is 20.3 Å². The Labute approximate surface area is 135 Å². The molecule has 3 aromatic rings. The molecule has 2 atom stereocenters. The maximum atomic E-state index is 12.4. The van der Waals surface area contributed by atoms with Crippen LogP contribution in [0.2, 0.25) is 0 Å². The number of hydrogen-bond acceptors (Lipinski definition) is 3. The van der Waals surface area contributed by atoms with Gasteiger partial charge in [0.25, 0.3) is 5.91 Å². The highest BCUT2D eigenvalue weighted by Crippen LogP contribution is 2.24. The van der Waals surface area contributed by atoms with E-state index >= 15 is 0 Å². The van der Waals surface area contributed by atoms with Crippen LogP contribution in [0.3, 0.4) is 0 Å². The van der Waals surface area contributed by atoms with E-state index in [0.717, 1.165) is 23.3 Å². The Bertz CT molecular complexity index is 764. The van der Waals surface area contributed by atoms with Crippen LogP contribution < -0.4 is 5.32 Å². The van der Waals surface area contributed by atoms with Crippen molar-refractivity contribution in [2.45, 2.75) is 26.3 Å². The summed E-state index contributed by atoms with van der Waals surface area (Å²) in [6.07, 6.45) is 2.55. The Balaban J connectivity index is 1.90. The molecule has 2 heterocycles. The summed E-state index contributed by atoms with van der Waals surface area (Å²) in [5.74, 6) is 0.851. The number of carbonyl (C=O) groups is 1. The average Bonchev–Trinajstić information content (AvgIpc) is 3.03. The molecule has 1 aromatic carbocycles. The van der Waals surface area contributed by atoms with Crippen LogP contribution >= 0.6 is 0 Å². The molecule has 0 radical (unpaired) electrons. The molecule has 118 valence electrons. The van der Waals surface area contributed by atoms with Gasteiger partial charge in [-0.25, -0.2) is 4.98 Å². The number of pyridine rings is 1. The Hall–Kier alpha value is -2.69. The lowest BCUT2D eigenvalue weighted by molar-refractivity contribution is 0.0915. The standard InChI is InChI=1S/C18H20N4O/c1-3-12(2)16(22-18(23)15-10-6-7-11-19-15)17-20-13-8-4-5-9-14(13)21-17/h4-12,16H,3H2,1-2H3,(H,20,21)(H,22,23)/t12-,16-/m1/s1. The Kier molecular flexibility index (Phi) is 4.37. The second-order valence-corrected chi connectivity index (χ2v) is 5.69. The van der Waals surface area contributed by atoms with Gasteiger partial charge in [-0.15, -0.1) is 0 Å². The summed E-state index contributed by atoms with van der Waals surface area (Å²) in [5, 5.41) is 3.07. The smallest absolute Gasteiger partial charge is 0.270 e. The lowest BCUT2D eigenvalue weighted by Gasteiger charge is -2.22. The molecule has 23 heavy (non-hydrogen) atoms. The number of nitrogens with one attached hydrogen (secondary N) is 2. The lowest BCUT2D eigenvalue weighted by atomic mass is 9.98. The number of aromatic amines is 1. The number of H-pyrrole nitrogens is 1. The first kappa shape index (κ1) is 15.2. The number of hydrogen-bond donors (Lipinski definition) is 2. The van der Waals surface area contributed by atoms with E-state index in [1.54, 1.807) is 24.4 Å². The molecule has 3 rings (SSSR count). The summed E-state index contributed by atoms with van der Waals surface area (Å²) in [6, 6.07) is 13.0. The number of imidazole rings is 1. The van der Waals surface area contributed by atoms with Crippen LogP contribution in [0.1, 0.15) is 42.6 Å². The first-order chi connectivity index (χ1) is 11.2. The lowest BCUT2D eigenvalue weighted by Crippen LogP contribution is -2.33. The van der Waals surface area contributed by atoms with Gasteiger partial charge in [0.1, 0.15) is 11.5 Å². The van der Waals surface area contributed by atoms with Gasteiger partial charge in [0.15, 0.2) is 0 Å². The summed E-state index contributed by atoms with van der Waals surface area (Å²) < 4.78 is 0. The summed E-state index contributed by atoms with van der Waals surface area (Å²) in [7, 11) is 0. The topological polar surface area (TPSA) is 70.7 Å². The van der Waals surface area contributed by atoms with Crippen LogP contribution in [-0.2, 0) is 0 Å². The minimum Gasteiger partial charge on any atom is -0.340 e. The van der Waals surface area contributed by atoms with Gasteiger partial charge < -0.3 is 10.3 Å². The molecule has 0 aliphatic heterocycles. The minimum atomic E-state index is -0.184. The molecule has 0 fully saturated rings. The van der Waals surface area contributed by atoms with Crippen molar-refractivity contribution in [3.05, 3.63) is 60.2 Å². The van der Waals surface area contributed by atoms with Crippen molar-refractivity contribution < 1.29 is 4.79 Å². The van der Waals surface area contributed by atoms with Crippen molar-refractivity contribution >= 4 is 16.9 Å². The van der Waals surface area contributed by atoms with E-state index in [-0.39, 0.29) is 17.9 Å². The molecule has 5 nitrogen and oxygen atoms in total. The molecular weight excluding hydrogens is 288 g/mol. The number of amides is 1. The molecule has 0 unspecified atom stereocenters. The Morgan fingerprint density at radius 1 is 1.22 bits per heavy atom. The number of aromatic nitrogens is 3. The van der Waals surface area contributed by atoms with E-state index in [1.165, 1.54) is 0 Å². The molecule has 2 N–H and O–H groups in total. The first-order valence-electron chi connectivity index (χ1n) is 7.85. The van der Waals surface area contributed by atoms with Gasteiger partial charge in [-0.3, -0.25) is 9.78 Å². The van der Waals surface area contributed by atoms with Gasteiger partial charge in [0, 0.05) is 6.20 Å². The van der Waals surface area contributed by atoms with Gasteiger partial charge in [-0.2, -0.15) is 0 Å². The summed E-state index contributed by atoms with van der Waals surface area (Å²) in [4.78, 5) is 24.5. The first-order valence-corrected chi connectivity index (χ1v) is 7.85. The minimum absolute atomic E-state index is 0.179. The third kappa shape index (κ3) is 3.23. The molecule has 1 amide bonds. The Morgan fingerprint density at radius 3 is 2.70 bits per heavy atom. The molecule has 0 saturated heterocycles. The van der Waals surface area contributed by atoms with Crippen molar-refractivity contribution in [2.75, 3.05) is 0 Å².